The minimum atomic E-state index is -0.842. The lowest BCUT2D eigenvalue weighted by Gasteiger charge is -2.05. The van der Waals surface area contributed by atoms with E-state index in [0.717, 1.165) is 4.47 Å². The van der Waals surface area contributed by atoms with Gasteiger partial charge in [-0.05, 0) is 18.2 Å². The molecule has 1 aromatic heterocycles. The Balaban J connectivity index is 2.61. The van der Waals surface area contributed by atoms with Gasteiger partial charge in [0.2, 0.25) is 0 Å². The summed E-state index contributed by atoms with van der Waals surface area (Å²) in [5.74, 6) is -0.663. The van der Waals surface area contributed by atoms with Crippen LogP contribution in [0, 0.1) is 5.82 Å². The third kappa shape index (κ3) is 2.71. The number of hydrogen-bond donors (Lipinski definition) is 0. The molecule has 0 saturated heterocycles. The molecular formula is C10H3BrCl3FN2. The number of benzene rings is 1. The van der Waals surface area contributed by atoms with Crippen molar-refractivity contribution in [1.82, 2.24) is 9.97 Å². The van der Waals surface area contributed by atoms with Crippen LogP contribution in [-0.4, -0.2) is 9.97 Å². The Morgan fingerprint density at radius 2 is 1.65 bits per heavy atom. The zero-order chi connectivity index (χ0) is 12.6. The van der Waals surface area contributed by atoms with Gasteiger partial charge >= 0.3 is 0 Å². The van der Waals surface area contributed by atoms with Gasteiger partial charge in [0.15, 0.2) is 21.9 Å². The van der Waals surface area contributed by atoms with Crippen LogP contribution in [0.5, 0.6) is 0 Å². The van der Waals surface area contributed by atoms with Crippen molar-refractivity contribution in [3.63, 3.8) is 0 Å². The topological polar surface area (TPSA) is 25.8 Å². The summed E-state index contributed by atoms with van der Waals surface area (Å²) in [5, 5.41) is -0.254. The average molecular weight is 356 g/mol. The van der Waals surface area contributed by atoms with Crippen LogP contribution in [0.1, 0.15) is 0 Å². The molecule has 0 atom stereocenters. The highest BCUT2D eigenvalue weighted by molar-refractivity contribution is 9.10. The molecule has 0 fully saturated rings. The maximum Gasteiger partial charge on any atom is 0.197 e. The van der Waals surface area contributed by atoms with Gasteiger partial charge in [-0.2, -0.15) is 0 Å². The van der Waals surface area contributed by atoms with Crippen LogP contribution in [0.15, 0.2) is 22.7 Å². The maximum absolute atomic E-state index is 13.2. The Morgan fingerprint density at radius 3 is 2.18 bits per heavy atom. The van der Waals surface area contributed by atoms with E-state index in [1.54, 1.807) is 18.2 Å². The highest BCUT2D eigenvalue weighted by atomic mass is 79.9. The summed E-state index contributed by atoms with van der Waals surface area (Å²) in [7, 11) is 0. The van der Waals surface area contributed by atoms with Crippen LogP contribution >= 0.6 is 50.7 Å². The molecule has 0 radical (unpaired) electrons. The summed E-state index contributed by atoms with van der Waals surface area (Å²) >= 11 is 20.5. The normalized spacial score (nSPS) is 10.6. The maximum atomic E-state index is 13.2. The third-order valence-corrected chi connectivity index (χ3v) is 3.25. The Hall–Kier alpha value is -0.420. The minimum Gasteiger partial charge on any atom is -0.213 e. The zero-order valence-electron chi connectivity index (χ0n) is 8.02. The first-order chi connectivity index (χ1) is 7.99. The molecule has 1 aromatic carbocycles. The van der Waals surface area contributed by atoms with Gasteiger partial charge in [-0.15, -0.1) is 0 Å². The van der Waals surface area contributed by atoms with Crippen molar-refractivity contribution in [2.75, 3.05) is 0 Å². The van der Waals surface area contributed by atoms with E-state index in [1.165, 1.54) is 0 Å². The van der Waals surface area contributed by atoms with Crippen LogP contribution in [0.3, 0.4) is 0 Å². The van der Waals surface area contributed by atoms with Gasteiger partial charge in [0, 0.05) is 10.0 Å². The predicted molar refractivity (Wildman–Crippen MR) is 70.2 cm³/mol. The monoisotopic (exact) mass is 354 g/mol. The summed E-state index contributed by atoms with van der Waals surface area (Å²) < 4.78 is 14.0. The standard InChI is InChI=1S/C10H3BrCl3FN2/c11-4-1-2-5(6(12)3-4)10-16-8(13)7(15)9(14)17-10/h1-3H. The molecule has 7 heteroatoms. The molecule has 0 aliphatic carbocycles. The van der Waals surface area contributed by atoms with E-state index in [4.69, 9.17) is 34.8 Å². The van der Waals surface area contributed by atoms with Crippen molar-refractivity contribution in [1.29, 1.82) is 0 Å². The SMILES string of the molecule is Fc1c(Cl)nc(-c2ccc(Br)cc2Cl)nc1Cl. The Labute approximate surface area is 120 Å². The molecule has 1 heterocycles. The first-order valence-electron chi connectivity index (χ1n) is 4.33. The molecule has 0 spiro atoms. The molecule has 2 rings (SSSR count). The van der Waals surface area contributed by atoms with Gasteiger partial charge in [-0.25, -0.2) is 14.4 Å². The second-order valence-corrected chi connectivity index (χ2v) is 5.11. The Morgan fingerprint density at radius 1 is 1.06 bits per heavy atom. The molecule has 17 heavy (non-hydrogen) atoms. The van der Waals surface area contributed by atoms with E-state index in [2.05, 4.69) is 25.9 Å². The van der Waals surface area contributed by atoms with Crippen molar-refractivity contribution in [2.24, 2.45) is 0 Å². The predicted octanol–water partition coefficient (Wildman–Crippen LogP) is 5.01. The summed E-state index contributed by atoms with van der Waals surface area (Å²) in [6.07, 6.45) is 0. The van der Waals surface area contributed by atoms with Gasteiger partial charge in [0.25, 0.3) is 0 Å². The molecule has 0 saturated carbocycles. The van der Waals surface area contributed by atoms with Gasteiger partial charge in [-0.3, -0.25) is 0 Å². The summed E-state index contributed by atoms with van der Waals surface area (Å²) in [6, 6.07) is 5.12. The molecule has 0 aliphatic heterocycles. The largest absolute Gasteiger partial charge is 0.213 e. The fourth-order valence-corrected chi connectivity index (χ4v) is 2.33. The molecule has 2 aromatic rings. The van der Waals surface area contributed by atoms with Crippen molar-refractivity contribution in [2.45, 2.75) is 0 Å². The molecule has 0 amide bonds. The van der Waals surface area contributed by atoms with Crippen molar-refractivity contribution >= 4 is 50.7 Å². The number of nitrogens with zero attached hydrogens (tertiary/aromatic N) is 2. The first-order valence-corrected chi connectivity index (χ1v) is 6.25. The molecule has 88 valence electrons. The number of rotatable bonds is 1. The molecule has 0 unspecified atom stereocenters. The van der Waals surface area contributed by atoms with E-state index in [1.807, 2.05) is 0 Å². The Kier molecular flexibility index (Phi) is 3.88. The molecule has 0 aliphatic rings. The second-order valence-electron chi connectivity index (χ2n) is 3.07. The van der Waals surface area contributed by atoms with E-state index >= 15 is 0 Å². The van der Waals surface area contributed by atoms with Crippen molar-refractivity contribution in [3.8, 4) is 11.4 Å². The first kappa shape index (κ1) is 13.0. The van der Waals surface area contributed by atoms with Crippen LogP contribution < -0.4 is 0 Å². The van der Waals surface area contributed by atoms with Crippen molar-refractivity contribution in [3.05, 3.63) is 43.8 Å². The zero-order valence-corrected chi connectivity index (χ0v) is 11.9. The van der Waals surface area contributed by atoms with E-state index in [0.29, 0.717) is 10.6 Å². The lowest BCUT2D eigenvalue weighted by molar-refractivity contribution is 0.615. The van der Waals surface area contributed by atoms with Crippen LogP contribution in [-0.2, 0) is 0 Å². The fraction of sp³-hybridized carbons (Fsp3) is 0. The molecule has 0 bridgehead atoms. The number of aromatic nitrogens is 2. The van der Waals surface area contributed by atoms with Crippen LogP contribution in [0.25, 0.3) is 11.4 Å². The van der Waals surface area contributed by atoms with Gasteiger partial charge in [0.05, 0.1) is 5.02 Å². The average Bonchev–Trinajstić information content (AvgIpc) is 2.25. The number of hydrogen-bond acceptors (Lipinski definition) is 2. The highest BCUT2D eigenvalue weighted by Gasteiger charge is 2.14. The Bertz CT molecular complexity index is 569. The smallest absolute Gasteiger partial charge is 0.197 e. The summed E-state index contributed by atoms with van der Waals surface area (Å²) in [6.45, 7) is 0. The second kappa shape index (κ2) is 5.06. The lowest BCUT2D eigenvalue weighted by atomic mass is 10.2. The number of halogens is 5. The lowest BCUT2D eigenvalue weighted by Crippen LogP contribution is -1.95. The fourth-order valence-electron chi connectivity index (χ4n) is 1.19. The van der Waals surface area contributed by atoms with Crippen LogP contribution in [0.2, 0.25) is 15.3 Å². The van der Waals surface area contributed by atoms with Crippen molar-refractivity contribution < 1.29 is 4.39 Å². The molecular weight excluding hydrogens is 353 g/mol. The highest BCUT2D eigenvalue weighted by Crippen LogP contribution is 2.30. The van der Waals surface area contributed by atoms with Crippen LogP contribution in [0.4, 0.5) is 4.39 Å². The molecule has 2 nitrogen and oxygen atoms in total. The summed E-state index contributed by atoms with van der Waals surface area (Å²) in [4.78, 5) is 7.58. The summed E-state index contributed by atoms with van der Waals surface area (Å²) in [5.41, 5.74) is 0.527. The van der Waals surface area contributed by atoms with Gasteiger partial charge in [0.1, 0.15) is 0 Å². The molecule has 0 N–H and O–H groups in total. The van der Waals surface area contributed by atoms with Gasteiger partial charge < -0.3 is 0 Å². The van der Waals surface area contributed by atoms with E-state index in [9.17, 15) is 4.39 Å². The van der Waals surface area contributed by atoms with E-state index < -0.39 is 5.82 Å². The third-order valence-electron chi connectivity index (χ3n) is 1.94. The van der Waals surface area contributed by atoms with E-state index in [-0.39, 0.29) is 16.1 Å². The quantitative estimate of drug-likeness (QED) is 0.672. The minimum absolute atomic E-state index is 0.180. The van der Waals surface area contributed by atoms with Gasteiger partial charge in [-0.1, -0.05) is 50.7 Å².